The largest absolute Gasteiger partial charge is 0.508 e. The highest BCUT2D eigenvalue weighted by Crippen LogP contribution is 2.45. The summed E-state index contributed by atoms with van der Waals surface area (Å²) in [6.07, 6.45) is 0. The fourth-order valence-electron chi connectivity index (χ4n) is 4.42. The first-order chi connectivity index (χ1) is 17.2. The van der Waals surface area contributed by atoms with Crippen LogP contribution >= 0.6 is 11.3 Å². The van der Waals surface area contributed by atoms with Crippen molar-refractivity contribution in [3.63, 3.8) is 0 Å². The summed E-state index contributed by atoms with van der Waals surface area (Å²) in [6, 6.07) is 14.5. The van der Waals surface area contributed by atoms with Crippen molar-refractivity contribution in [1.29, 1.82) is 0 Å². The third-order valence-corrected chi connectivity index (χ3v) is 7.48. The van der Waals surface area contributed by atoms with Gasteiger partial charge in [-0.05, 0) is 73.9 Å². The maximum Gasteiger partial charge on any atom is 0.301 e. The van der Waals surface area contributed by atoms with Gasteiger partial charge >= 0.3 is 5.91 Å². The van der Waals surface area contributed by atoms with Gasteiger partial charge in [-0.1, -0.05) is 35.1 Å². The van der Waals surface area contributed by atoms with Gasteiger partial charge in [-0.25, -0.2) is 4.98 Å². The van der Waals surface area contributed by atoms with Gasteiger partial charge in [-0.3, -0.25) is 14.5 Å². The van der Waals surface area contributed by atoms with Gasteiger partial charge in [0.05, 0.1) is 34.5 Å². The molecular formula is C28H24N2O5S. The molecule has 5 rings (SSSR count). The number of Topliss-reactive ketones (excluding diaryl/α,β-unsaturated/α-hetero) is 1. The van der Waals surface area contributed by atoms with E-state index in [0.717, 1.165) is 26.9 Å². The SMILES string of the molecule is COc1ccc(C)cc1/C(O)=C1\C(=O)C(=O)N(c2nc3cc(C)c(C)cc3s2)C1c1ccc(O)cc1. The van der Waals surface area contributed by atoms with Crippen LogP contribution < -0.4 is 9.64 Å². The van der Waals surface area contributed by atoms with E-state index in [-0.39, 0.29) is 17.1 Å². The number of phenolic OH excluding ortho intramolecular Hbond substituents is 1. The number of rotatable bonds is 4. The molecule has 3 aromatic carbocycles. The van der Waals surface area contributed by atoms with Gasteiger partial charge in [-0.15, -0.1) is 0 Å². The van der Waals surface area contributed by atoms with Crippen LogP contribution in [0.1, 0.15) is 33.9 Å². The van der Waals surface area contributed by atoms with E-state index in [9.17, 15) is 19.8 Å². The number of thiazole rings is 1. The molecule has 2 N–H and O–H groups in total. The Balaban J connectivity index is 1.76. The Hall–Kier alpha value is -4.17. The summed E-state index contributed by atoms with van der Waals surface area (Å²) < 4.78 is 6.31. The molecule has 1 aromatic heterocycles. The highest BCUT2D eigenvalue weighted by Gasteiger charge is 2.48. The monoisotopic (exact) mass is 500 g/mol. The molecule has 4 aromatic rings. The Bertz CT molecular complexity index is 1530. The number of carbonyl (C=O) groups is 2. The van der Waals surface area contributed by atoms with Crippen LogP contribution in [0.4, 0.5) is 5.13 Å². The predicted molar refractivity (Wildman–Crippen MR) is 140 cm³/mol. The first kappa shape index (κ1) is 23.6. The number of aromatic hydroxyl groups is 1. The van der Waals surface area contributed by atoms with Gasteiger partial charge in [-0.2, -0.15) is 0 Å². The Kier molecular flexibility index (Phi) is 5.76. The molecule has 0 radical (unpaired) electrons. The summed E-state index contributed by atoms with van der Waals surface area (Å²) in [5, 5.41) is 21.6. The molecule has 1 aliphatic heterocycles. The zero-order chi connectivity index (χ0) is 25.7. The molecule has 1 fully saturated rings. The number of aliphatic hydroxyl groups excluding tert-OH is 1. The van der Waals surface area contributed by atoms with Crippen LogP contribution in [0, 0.1) is 20.8 Å². The highest BCUT2D eigenvalue weighted by molar-refractivity contribution is 7.22. The number of hydrogen-bond acceptors (Lipinski definition) is 7. The predicted octanol–water partition coefficient (Wildman–Crippen LogP) is 5.56. The molecule has 2 heterocycles. The summed E-state index contributed by atoms with van der Waals surface area (Å²) in [5.74, 6) is -1.52. The number of anilines is 1. The summed E-state index contributed by atoms with van der Waals surface area (Å²) in [6.45, 7) is 5.86. The molecule has 36 heavy (non-hydrogen) atoms. The van der Waals surface area contributed by atoms with E-state index >= 15 is 0 Å². The lowest BCUT2D eigenvalue weighted by molar-refractivity contribution is -0.132. The molecule has 1 unspecified atom stereocenters. The number of phenols is 1. The maximum absolute atomic E-state index is 13.5. The minimum absolute atomic E-state index is 0.0435. The number of ketones is 1. The van der Waals surface area contributed by atoms with Crippen molar-refractivity contribution in [3.05, 3.63) is 88.0 Å². The van der Waals surface area contributed by atoms with Crippen LogP contribution in [0.5, 0.6) is 11.5 Å². The number of aryl methyl sites for hydroxylation is 3. The van der Waals surface area contributed by atoms with E-state index < -0.39 is 17.7 Å². The standard InChI is InChI=1S/C28H24N2O5S/c1-14-5-10-21(35-4)19(11-14)25(32)23-24(17-6-8-18(31)9-7-17)30(27(34)26(23)33)28-29-20-12-15(2)16(3)13-22(20)36-28/h5-13,24,31-32H,1-4H3/b25-23+. The van der Waals surface area contributed by atoms with Gasteiger partial charge in [0.1, 0.15) is 17.3 Å². The smallest absolute Gasteiger partial charge is 0.301 e. The third kappa shape index (κ3) is 3.79. The van der Waals surface area contributed by atoms with E-state index in [2.05, 4.69) is 4.98 Å². The molecule has 0 saturated carbocycles. The van der Waals surface area contributed by atoms with E-state index in [4.69, 9.17) is 4.74 Å². The first-order valence-electron chi connectivity index (χ1n) is 11.3. The van der Waals surface area contributed by atoms with Crippen molar-refractivity contribution in [2.45, 2.75) is 26.8 Å². The summed E-state index contributed by atoms with van der Waals surface area (Å²) in [5.41, 5.74) is 4.54. The summed E-state index contributed by atoms with van der Waals surface area (Å²) in [7, 11) is 1.47. The third-order valence-electron chi connectivity index (χ3n) is 6.46. The van der Waals surface area contributed by atoms with Gasteiger partial charge in [0.15, 0.2) is 5.13 Å². The van der Waals surface area contributed by atoms with Gasteiger partial charge in [0, 0.05) is 0 Å². The number of methoxy groups -OCH3 is 1. The van der Waals surface area contributed by atoms with Crippen LogP contribution in [0.15, 0.2) is 60.2 Å². The first-order valence-corrected chi connectivity index (χ1v) is 12.1. The number of ether oxygens (including phenoxy) is 1. The van der Waals surface area contributed by atoms with Crippen LogP contribution in [-0.2, 0) is 9.59 Å². The fraction of sp³-hybridized carbons (Fsp3) is 0.179. The molecule has 0 aliphatic carbocycles. The molecule has 0 spiro atoms. The molecule has 1 atom stereocenters. The number of aliphatic hydroxyl groups is 1. The minimum Gasteiger partial charge on any atom is -0.508 e. The quantitative estimate of drug-likeness (QED) is 0.216. The Morgan fingerprint density at radius 3 is 2.39 bits per heavy atom. The Morgan fingerprint density at radius 1 is 1.00 bits per heavy atom. The van der Waals surface area contributed by atoms with Crippen molar-refractivity contribution >= 4 is 44.1 Å². The second-order valence-corrected chi connectivity index (χ2v) is 9.87. The number of nitrogens with zero attached hydrogens (tertiary/aromatic N) is 2. The van der Waals surface area contributed by atoms with E-state index in [1.165, 1.54) is 35.5 Å². The average molecular weight is 501 g/mol. The molecule has 1 aliphatic rings. The van der Waals surface area contributed by atoms with Crippen LogP contribution in [0.2, 0.25) is 0 Å². The second-order valence-electron chi connectivity index (χ2n) is 8.86. The number of amides is 1. The van der Waals surface area contributed by atoms with E-state index in [0.29, 0.717) is 22.0 Å². The molecule has 1 amide bonds. The highest BCUT2D eigenvalue weighted by atomic mass is 32.1. The van der Waals surface area contributed by atoms with Gasteiger partial charge in [0.2, 0.25) is 0 Å². The lowest BCUT2D eigenvalue weighted by Gasteiger charge is -2.23. The van der Waals surface area contributed by atoms with E-state index in [1.807, 2.05) is 39.0 Å². The average Bonchev–Trinajstić information content (AvgIpc) is 3.37. The normalized spacial score (nSPS) is 17.2. The van der Waals surface area contributed by atoms with E-state index in [1.54, 1.807) is 24.3 Å². The molecule has 7 nitrogen and oxygen atoms in total. The zero-order valence-electron chi connectivity index (χ0n) is 20.2. The molecule has 1 saturated heterocycles. The van der Waals surface area contributed by atoms with Gasteiger partial charge in [0.25, 0.3) is 5.78 Å². The maximum atomic E-state index is 13.5. The fourth-order valence-corrected chi connectivity index (χ4v) is 5.50. The van der Waals surface area contributed by atoms with Crippen molar-refractivity contribution in [2.75, 3.05) is 12.0 Å². The Labute approximate surface area is 211 Å². The Morgan fingerprint density at radius 2 is 1.69 bits per heavy atom. The topological polar surface area (TPSA) is 100.0 Å². The summed E-state index contributed by atoms with van der Waals surface area (Å²) >= 11 is 1.31. The lowest BCUT2D eigenvalue weighted by atomic mass is 9.94. The number of benzene rings is 3. The molecule has 0 bridgehead atoms. The molecule has 182 valence electrons. The van der Waals surface area contributed by atoms with Crippen molar-refractivity contribution in [2.24, 2.45) is 0 Å². The van der Waals surface area contributed by atoms with Crippen molar-refractivity contribution < 1.29 is 24.5 Å². The summed E-state index contributed by atoms with van der Waals surface area (Å²) in [4.78, 5) is 32.9. The van der Waals surface area contributed by atoms with Gasteiger partial charge < -0.3 is 14.9 Å². The molecule has 8 heteroatoms. The van der Waals surface area contributed by atoms with Crippen LogP contribution in [0.3, 0.4) is 0 Å². The lowest BCUT2D eigenvalue weighted by Crippen LogP contribution is -2.29. The number of aromatic nitrogens is 1. The molecular weight excluding hydrogens is 476 g/mol. The number of carbonyl (C=O) groups excluding carboxylic acids is 2. The number of fused-ring (bicyclic) bond motifs is 1. The minimum atomic E-state index is -0.946. The van der Waals surface area contributed by atoms with Crippen LogP contribution in [0.25, 0.3) is 16.0 Å². The second kappa shape index (κ2) is 8.80. The van der Waals surface area contributed by atoms with Crippen molar-refractivity contribution in [1.82, 2.24) is 4.98 Å². The zero-order valence-corrected chi connectivity index (χ0v) is 21.0. The number of hydrogen-bond donors (Lipinski definition) is 2. The van der Waals surface area contributed by atoms with Crippen molar-refractivity contribution in [3.8, 4) is 11.5 Å². The van der Waals surface area contributed by atoms with Crippen LogP contribution in [-0.4, -0.2) is 34.0 Å².